The van der Waals surface area contributed by atoms with Crippen molar-refractivity contribution in [2.75, 3.05) is 5.32 Å². The highest BCUT2D eigenvalue weighted by atomic mass is 16.4. The molecule has 0 aliphatic rings. The van der Waals surface area contributed by atoms with Crippen LogP contribution in [0.5, 0.6) is 5.75 Å². The lowest BCUT2D eigenvalue weighted by atomic mass is 9.74. The van der Waals surface area contributed by atoms with Crippen LogP contribution in [0.4, 0.5) is 10.5 Å². The minimum Gasteiger partial charge on any atom is -0.505 e. The second-order valence-electron chi connectivity index (χ2n) is 9.62. The highest BCUT2D eigenvalue weighted by Crippen LogP contribution is 2.44. The Kier molecular flexibility index (Phi) is 8.19. The Morgan fingerprint density at radius 2 is 1.52 bits per heavy atom. The molecule has 1 rings (SSSR count). The van der Waals surface area contributed by atoms with E-state index in [1.807, 2.05) is 6.07 Å². The summed E-state index contributed by atoms with van der Waals surface area (Å²) in [6.45, 7) is 14.9. The number of unbranched alkanes of at least 4 members (excludes halogenated alkanes) is 5. The van der Waals surface area contributed by atoms with Crippen LogP contribution in [0.2, 0.25) is 0 Å². The zero-order valence-corrected chi connectivity index (χ0v) is 18.3. The van der Waals surface area contributed by atoms with Crippen LogP contribution in [0.25, 0.3) is 0 Å². The Morgan fingerprint density at radius 1 is 0.963 bits per heavy atom. The fourth-order valence-corrected chi connectivity index (χ4v) is 3.74. The van der Waals surface area contributed by atoms with Crippen LogP contribution in [0.1, 0.15) is 104 Å². The van der Waals surface area contributed by atoms with E-state index in [-0.39, 0.29) is 22.3 Å². The van der Waals surface area contributed by atoms with Crippen molar-refractivity contribution in [3.8, 4) is 5.75 Å². The maximum absolute atomic E-state index is 11.2. The molecular weight excluding hydrogens is 338 g/mol. The van der Waals surface area contributed by atoms with Crippen molar-refractivity contribution < 1.29 is 15.0 Å². The number of amides is 1. The van der Waals surface area contributed by atoms with E-state index in [4.69, 9.17) is 0 Å². The number of hydrogen-bond acceptors (Lipinski definition) is 2. The number of nitrogens with one attached hydrogen (secondary N) is 1. The predicted octanol–water partition coefficient (Wildman–Crippen LogP) is 6.98. The zero-order valence-electron chi connectivity index (χ0n) is 18.3. The van der Waals surface area contributed by atoms with Crippen molar-refractivity contribution >= 4 is 11.8 Å². The molecule has 3 N–H and O–H groups in total. The van der Waals surface area contributed by atoms with Gasteiger partial charge in [-0.25, -0.2) is 4.79 Å². The average Bonchev–Trinajstić information content (AvgIpc) is 2.50. The molecule has 0 atom stereocenters. The fourth-order valence-electron chi connectivity index (χ4n) is 3.74. The van der Waals surface area contributed by atoms with Gasteiger partial charge in [-0.05, 0) is 40.9 Å². The van der Waals surface area contributed by atoms with Gasteiger partial charge in [0, 0.05) is 5.56 Å². The molecule has 0 saturated heterocycles. The topological polar surface area (TPSA) is 69.6 Å². The molecule has 0 bridgehead atoms. The van der Waals surface area contributed by atoms with E-state index in [1.54, 1.807) is 0 Å². The van der Waals surface area contributed by atoms with E-state index in [9.17, 15) is 15.0 Å². The monoisotopic (exact) mass is 377 g/mol. The number of carboxylic acid groups (broad SMARTS) is 1. The molecule has 1 amide bonds. The Hall–Kier alpha value is -1.71. The second kappa shape index (κ2) is 9.48. The van der Waals surface area contributed by atoms with E-state index < -0.39 is 6.09 Å². The Morgan fingerprint density at radius 3 is 2.00 bits per heavy atom. The number of rotatable bonds is 8. The van der Waals surface area contributed by atoms with Gasteiger partial charge >= 0.3 is 6.09 Å². The molecule has 1 aromatic rings. The smallest absolute Gasteiger partial charge is 0.409 e. The van der Waals surface area contributed by atoms with Gasteiger partial charge in [-0.2, -0.15) is 0 Å². The standard InChI is InChI=1S/C23H39NO3/c1-8-9-10-11-12-13-14-16-17(22(2,3)4)15-18(24-21(26)27)20(25)19(16)23(5,6)7/h15,24-25H,8-14H2,1-7H3,(H,26,27). The molecule has 0 heterocycles. The molecule has 27 heavy (non-hydrogen) atoms. The average molecular weight is 378 g/mol. The fraction of sp³-hybridized carbons (Fsp3) is 0.696. The summed E-state index contributed by atoms with van der Waals surface area (Å²) >= 11 is 0. The van der Waals surface area contributed by atoms with Crippen molar-refractivity contribution in [2.45, 2.75) is 104 Å². The van der Waals surface area contributed by atoms with Gasteiger partial charge in [0.25, 0.3) is 0 Å². The van der Waals surface area contributed by atoms with Gasteiger partial charge in [-0.3, -0.25) is 5.32 Å². The van der Waals surface area contributed by atoms with Crippen molar-refractivity contribution in [1.82, 2.24) is 0 Å². The first kappa shape index (κ1) is 23.3. The first-order valence-corrected chi connectivity index (χ1v) is 10.3. The van der Waals surface area contributed by atoms with Gasteiger partial charge in [-0.1, -0.05) is 80.6 Å². The molecule has 1 aromatic carbocycles. The number of benzene rings is 1. The summed E-state index contributed by atoms with van der Waals surface area (Å²) in [4.78, 5) is 11.2. The molecule has 0 aliphatic carbocycles. The zero-order chi connectivity index (χ0) is 20.8. The van der Waals surface area contributed by atoms with Crippen molar-refractivity contribution in [2.24, 2.45) is 0 Å². The summed E-state index contributed by atoms with van der Waals surface area (Å²) in [6, 6.07) is 1.82. The van der Waals surface area contributed by atoms with Crippen LogP contribution >= 0.6 is 0 Å². The SMILES string of the molecule is CCCCCCCCc1c(C(C)(C)C)cc(NC(=O)O)c(O)c1C(C)(C)C. The summed E-state index contributed by atoms with van der Waals surface area (Å²) < 4.78 is 0. The second-order valence-corrected chi connectivity index (χ2v) is 9.62. The van der Waals surface area contributed by atoms with Crippen LogP contribution in [0.15, 0.2) is 6.07 Å². The lowest BCUT2D eigenvalue weighted by Gasteiger charge is -2.32. The van der Waals surface area contributed by atoms with E-state index in [1.165, 1.54) is 37.7 Å². The lowest BCUT2D eigenvalue weighted by molar-refractivity contribution is 0.209. The molecule has 0 saturated carbocycles. The molecule has 0 unspecified atom stereocenters. The van der Waals surface area contributed by atoms with Crippen LogP contribution in [-0.2, 0) is 17.3 Å². The normalized spacial score (nSPS) is 12.3. The van der Waals surface area contributed by atoms with Gasteiger partial charge in [0.1, 0.15) is 5.75 Å². The highest BCUT2D eigenvalue weighted by Gasteiger charge is 2.30. The molecule has 0 aliphatic heterocycles. The summed E-state index contributed by atoms with van der Waals surface area (Å²) in [7, 11) is 0. The summed E-state index contributed by atoms with van der Waals surface area (Å²) in [5.74, 6) is 0.0684. The third-order valence-corrected chi connectivity index (χ3v) is 4.99. The summed E-state index contributed by atoms with van der Waals surface area (Å²) in [5.41, 5.74) is 3.02. The minimum atomic E-state index is -1.16. The molecular formula is C23H39NO3. The van der Waals surface area contributed by atoms with Crippen molar-refractivity contribution in [3.63, 3.8) is 0 Å². The molecule has 4 heteroatoms. The maximum atomic E-state index is 11.2. The van der Waals surface area contributed by atoms with E-state index in [0.717, 1.165) is 24.0 Å². The Balaban J connectivity index is 3.35. The number of aromatic hydroxyl groups is 1. The van der Waals surface area contributed by atoms with E-state index >= 15 is 0 Å². The maximum Gasteiger partial charge on any atom is 0.409 e. The van der Waals surface area contributed by atoms with Gasteiger partial charge in [0.15, 0.2) is 0 Å². The van der Waals surface area contributed by atoms with Crippen molar-refractivity contribution in [3.05, 3.63) is 22.8 Å². The van der Waals surface area contributed by atoms with E-state index in [2.05, 4.69) is 53.8 Å². The largest absolute Gasteiger partial charge is 0.505 e. The highest BCUT2D eigenvalue weighted by molar-refractivity contribution is 5.86. The van der Waals surface area contributed by atoms with Crippen LogP contribution < -0.4 is 5.32 Å². The third kappa shape index (κ3) is 6.75. The predicted molar refractivity (Wildman–Crippen MR) is 114 cm³/mol. The number of anilines is 1. The molecule has 0 fully saturated rings. The van der Waals surface area contributed by atoms with Gasteiger partial charge in [-0.15, -0.1) is 0 Å². The molecule has 4 nitrogen and oxygen atoms in total. The Labute approximate surface area is 165 Å². The number of phenols is 1. The van der Waals surface area contributed by atoms with Crippen LogP contribution in [-0.4, -0.2) is 16.3 Å². The summed E-state index contributed by atoms with van der Waals surface area (Å²) in [5, 5.41) is 22.4. The Bertz CT molecular complexity index is 636. The number of hydrogen-bond donors (Lipinski definition) is 3. The van der Waals surface area contributed by atoms with E-state index in [0.29, 0.717) is 0 Å². The van der Waals surface area contributed by atoms with Gasteiger partial charge in [0.2, 0.25) is 0 Å². The summed E-state index contributed by atoms with van der Waals surface area (Å²) in [6.07, 6.45) is 7.07. The number of carbonyl (C=O) groups is 1. The van der Waals surface area contributed by atoms with Crippen LogP contribution in [0.3, 0.4) is 0 Å². The first-order chi connectivity index (χ1) is 12.4. The quantitative estimate of drug-likeness (QED) is 0.338. The van der Waals surface area contributed by atoms with Crippen LogP contribution in [0, 0.1) is 0 Å². The number of phenolic OH excluding ortho intramolecular Hbond substituents is 1. The van der Waals surface area contributed by atoms with Gasteiger partial charge < -0.3 is 10.2 Å². The lowest BCUT2D eigenvalue weighted by Crippen LogP contribution is -2.23. The molecule has 0 spiro atoms. The molecule has 154 valence electrons. The molecule has 0 aromatic heterocycles. The minimum absolute atomic E-state index is 0.0684. The van der Waals surface area contributed by atoms with Crippen molar-refractivity contribution in [1.29, 1.82) is 0 Å². The van der Waals surface area contributed by atoms with Gasteiger partial charge in [0.05, 0.1) is 5.69 Å². The third-order valence-electron chi connectivity index (χ3n) is 4.99. The first-order valence-electron chi connectivity index (χ1n) is 10.3. The molecule has 0 radical (unpaired) electrons.